The molecule has 1 fully saturated rings. The number of nitrogens with one attached hydrogen (secondary N) is 1. The van der Waals surface area contributed by atoms with Crippen molar-refractivity contribution in [3.63, 3.8) is 0 Å². The average Bonchev–Trinajstić information content (AvgIpc) is 3.11. The Kier molecular flexibility index (Phi) is 7.89. The second-order valence-electron chi connectivity index (χ2n) is 5.60. The zero-order valence-electron chi connectivity index (χ0n) is 14.1. The van der Waals surface area contributed by atoms with E-state index in [0.717, 1.165) is 29.6 Å². The Bertz CT molecular complexity index is 763. The van der Waals surface area contributed by atoms with Gasteiger partial charge in [0.25, 0.3) is 11.8 Å². The van der Waals surface area contributed by atoms with E-state index in [0.29, 0.717) is 29.9 Å². The van der Waals surface area contributed by atoms with Crippen molar-refractivity contribution < 1.29 is 9.59 Å². The summed E-state index contributed by atoms with van der Waals surface area (Å²) >= 11 is 3.29. The number of aromatic nitrogens is 1. The molecule has 1 aromatic carbocycles. The summed E-state index contributed by atoms with van der Waals surface area (Å²) in [5, 5.41) is 5.38. The highest BCUT2D eigenvalue weighted by Gasteiger charge is 2.19. The number of hydrogen-bond acceptors (Lipinski definition) is 6. The molecular weight excluding hydrogens is 392 g/mol. The van der Waals surface area contributed by atoms with Gasteiger partial charge in [0, 0.05) is 47.6 Å². The molecule has 3 N–H and O–H groups in total. The summed E-state index contributed by atoms with van der Waals surface area (Å²) in [5.74, 6) is 1.67. The molecule has 2 aromatic rings. The molecule has 0 unspecified atom stereocenters. The lowest BCUT2D eigenvalue weighted by Crippen LogP contribution is -2.37. The molecule has 2 heterocycles. The van der Waals surface area contributed by atoms with Crippen LogP contribution in [0.25, 0.3) is 0 Å². The molecule has 3 rings (SSSR count). The summed E-state index contributed by atoms with van der Waals surface area (Å²) in [5.41, 5.74) is 7.06. The number of carbonyl (C=O) groups is 2. The molecule has 0 radical (unpaired) electrons. The highest BCUT2D eigenvalue weighted by atomic mass is 35.5. The molecule has 0 atom stereocenters. The van der Waals surface area contributed by atoms with Crippen LogP contribution in [0, 0.1) is 0 Å². The molecule has 0 saturated carbocycles. The van der Waals surface area contributed by atoms with Crippen LogP contribution in [0.2, 0.25) is 0 Å². The van der Waals surface area contributed by atoms with Gasteiger partial charge in [-0.05, 0) is 24.7 Å². The predicted molar refractivity (Wildman–Crippen MR) is 110 cm³/mol. The van der Waals surface area contributed by atoms with Crippen molar-refractivity contribution in [2.24, 2.45) is 5.73 Å². The quantitative estimate of drug-likeness (QED) is 0.787. The third-order valence-corrected chi connectivity index (χ3v) is 5.66. The van der Waals surface area contributed by atoms with E-state index in [-0.39, 0.29) is 24.2 Å². The molecule has 140 valence electrons. The number of hydrogen-bond donors (Lipinski definition) is 2. The maximum atomic E-state index is 12.6. The number of rotatable bonds is 5. The summed E-state index contributed by atoms with van der Waals surface area (Å²) in [7, 11) is 0. The van der Waals surface area contributed by atoms with E-state index in [1.54, 1.807) is 29.6 Å². The van der Waals surface area contributed by atoms with Gasteiger partial charge in [-0.3, -0.25) is 9.59 Å². The lowest BCUT2D eigenvalue weighted by atomic mass is 10.1. The van der Waals surface area contributed by atoms with Crippen LogP contribution in [0.15, 0.2) is 29.6 Å². The van der Waals surface area contributed by atoms with Gasteiger partial charge >= 0.3 is 0 Å². The van der Waals surface area contributed by atoms with E-state index in [9.17, 15) is 9.59 Å². The third-order valence-electron chi connectivity index (χ3n) is 3.81. The van der Waals surface area contributed by atoms with Crippen molar-refractivity contribution in [1.82, 2.24) is 9.88 Å². The lowest BCUT2D eigenvalue weighted by molar-refractivity contribution is 0.0772. The third kappa shape index (κ3) is 5.20. The van der Waals surface area contributed by atoms with Crippen molar-refractivity contribution in [1.29, 1.82) is 0 Å². The van der Waals surface area contributed by atoms with Crippen LogP contribution in [-0.4, -0.2) is 52.8 Å². The first-order valence-corrected chi connectivity index (χ1v) is 10.1. The number of halogens is 1. The van der Waals surface area contributed by atoms with Crippen molar-refractivity contribution in [3.8, 4) is 0 Å². The summed E-state index contributed by atoms with van der Waals surface area (Å²) in [6.45, 7) is 2.04. The van der Waals surface area contributed by atoms with E-state index in [1.807, 2.05) is 16.7 Å². The molecule has 1 aliphatic rings. The van der Waals surface area contributed by atoms with E-state index < -0.39 is 0 Å². The van der Waals surface area contributed by atoms with Crippen LogP contribution in [0.4, 0.5) is 5.69 Å². The molecule has 6 nitrogen and oxygen atoms in total. The SMILES string of the molecule is Cl.NCCc1nc(C(=O)Nc2cccc(C(=O)N3CCSCC3)c2)cs1. The van der Waals surface area contributed by atoms with Gasteiger partial charge in [0.15, 0.2) is 0 Å². The second-order valence-corrected chi connectivity index (χ2v) is 7.77. The standard InChI is InChI=1S/C17H20N4O2S2.ClH/c18-5-4-15-20-14(11-25-15)16(22)19-13-3-1-2-12(10-13)17(23)21-6-8-24-9-7-21;/h1-3,10-11H,4-9,18H2,(H,19,22);1H. The molecule has 9 heteroatoms. The Morgan fingerprint density at radius 1 is 1.27 bits per heavy atom. The van der Waals surface area contributed by atoms with Gasteiger partial charge < -0.3 is 16.0 Å². The lowest BCUT2D eigenvalue weighted by Gasteiger charge is -2.26. The number of carbonyl (C=O) groups excluding carboxylic acids is 2. The molecule has 26 heavy (non-hydrogen) atoms. The van der Waals surface area contributed by atoms with Gasteiger partial charge in [0.05, 0.1) is 5.01 Å². The fraction of sp³-hybridized carbons (Fsp3) is 0.353. The highest BCUT2D eigenvalue weighted by molar-refractivity contribution is 7.99. The molecular formula is C17H21ClN4O2S2. The Morgan fingerprint density at radius 3 is 2.77 bits per heavy atom. The van der Waals surface area contributed by atoms with Crippen LogP contribution in [0.5, 0.6) is 0 Å². The van der Waals surface area contributed by atoms with E-state index >= 15 is 0 Å². The van der Waals surface area contributed by atoms with Crippen LogP contribution in [0.1, 0.15) is 25.9 Å². The molecule has 1 aliphatic heterocycles. The van der Waals surface area contributed by atoms with Crippen LogP contribution < -0.4 is 11.1 Å². The van der Waals surface area contributed by atoms with E-state index in [2.05, 4.69) is 10.3 Å². The smallest absolute Gasteiger partial charge is 0.275 e. The molecule has 1 aromatic heterocycles. The normalized spacial score (nSPS) is 13.8. The van der Waals surface area contributed by atoms with E-state index in [1.165, 1.54) is 11.3 Å². The van der Waals surface area contributed by atoms with Crippen molar-refractivity contribution in [2.45, 2.75) is 6.42 Å². The first-order valence-electron chi connectivity index (χ1n) is 8.10. The fourth-order valence-electron chi connectivity index (χ4n) is 2.53. The monoisotopic (exact) mass is 412 g/mol. The first-order chi connectivity index (χ1) is 12.2. The van der Waals surface area contributed by atoms with Crippen LogP contribution in [0.3, 0.4) is 0 Å². The van der Waals surface area contributed by atoms with Gasteiger partial charge in [0.1, 0.15) is 5.69 Å². The van der Waals surface area contributed by atoms with Gasteiger partial charge in [-0.2, -0.15) is 11.8 Å². The molecule has 0 aliphatic carbocycles. The molecule has 0 spiro atoms. The van der Waals surface area contributed by atoms with Crippen LogP contribution >= 0.6 is 35.5 Å². The number of amides is 2. The second kappa shape index (κ2) is 9.91. The van der Waals surface area contributed by atoms with Crippen molar-refractivity contribution >= 4 is 53.0 Å². The number of nitrogens with two attached hydrogens (primary N) is 1. The Hall–Kier alpha value is -1.61. The van der Waals surface area contributed by atoms with E-state index in [4.69, 9.17) is 5.73 Å². The highest BCUT2D eigenvalue weighted by Crippen LogP contribution is 2.17. The molecule has 2 amide bonds. The first kappa shape index (κ1) is 20.7. The summed E-state index contributed by atoms with van der Waals surface area (Å²) < 4.78 is 0. The van der Waals surface area contributed by atoms with Crippen molar-refractivity contribution in [3.05, 3.63) is 45.9 Å². The summed E-state index contributed by atoms with van der Waals surface area (Å²) in [6.07, 6.45) is 0.663. The average molecular weight is 413 g/mol. The zero-order chi connectivity index (χ0) is 17.6. The molecule has 0 bridgehead atoms. The number of anilines is 1. The minimum atomic E-state index is -0.279. The number of thioether (sulfide) groups is 1. The predicted octanol–water partition coefficient (Wildman–Crippen LogP) is 2.51. The number of thiazole rings is 1. The van der Waals surface area contributed by atoms with Gasteiger partial charge in [-0.25, -0.2) is 4.98 Å². The maximum Gasteiger partial charge on any atom is 0.275 e. The zero-order valence-corrected chi connectivity index (χ0v) is 16.6. The Labute approximate surface area is 167 Å². The van der Waals surface area contributed by atoms with Gasteiger partial charge in [-0.15, -0.1) is 23.7 Å². The fourth-order valence-corrected chi connectivity index (χ4v) is 4.22. The Balaban J connectivity index is 0.00000243. The van der Waals surface area contributed by atoms with Crippen molar-refractivity contribution in [2.75, 3.05) is 36.5 Å². The maximum absolute atomic E-state index is 12.6. The summed E-state index contributed by atoms with van der Waals surface area (Å²) in [4.78, 5) is 31.0. The largest absolute Gasteiger partial charge is 0.337 e. The minimum absolute atomic E-state index is 0. The molecule has 1 saturated heterocycles. The Morgan fingerprint density at radius 2 is 2.04 bits per heavy atom. The van der Waals surface area contributed by atoms with Gasteiger partial charge in [-0.1, -0.05) is 6.07 Å². The van der Waals surface area contributed by atoms with Crippen LogP contribution in [-0.2, 0) is 6.42 Å². The minimum Gasteiger partial charge on any atom is -0.337 e. The summed E-state index contributed by atoms with van der Waals surface area (Å²) in [6, 6.07) is 7.05. The number of benzene rings is 1. The topological polar surface area (TPSA) is 88.3 Å². The number of nitrogens with zero attached hydrogens (tertiary/aromatic N) is 2. The van der Waals surface area contributed by atoms with Gasteiger partial charge in [0.2, 0.25) is 0 Å².